The molecule has 1 aromatic carbocycles. The van der Waals surface area contributed by atoms with Crippen molar-refractivity contribution in [1.82, 2.24) is 20.3 Å². The van der Waals surface area contributed by atoms with Crippen molar-refractivity contribution in [2.24, 2.45) is 0 Å². The van der Waals surface area contributed by atoms with E-state index in [9.17, 15) is 0 Å². The van der Waals surface area contributed by atoms with Crippen molar-refractivity contribution in [2.45, 2.75) is 25.8 Å². The molecule has 0 bridgehead atoms. The topological polar surface area (TPSA) is 42.7 Å². The van der Waals surface area contributed by atoms with Crippen LogP contribution in [0.2, 0.25) is 0 Å². The first-order chi connectivity index (χ1) is 9.35. The minimum atomic E-state index is 0.190. The van der Waals surface area contributed by atoms with Crippen molar-refractivity contribution in [1.29, 1.82) is 0 Å². The first-order valence-electron chi connectivity index (χ1n) is 6.67. The van der Waals surface area contributed by atoms with Gasteiger partial charge in [0, 0.05) is 0 Å². The maximum atomic E-state index is 4.55. The molecule has 1 N–H and O–H groups in total. The Kier molecular flexibility index (Phi) is 4.86. The van der Waals surface area contributed by atoms with Crippen LogP contribution in [-0.4, -0.2) is 21.5 Å². The smallest absolute Gasteiger partial charge is 0.100 e. The number of rotatable bonds is 7. The van der Waals surface area contributed by atoms with Crippen LogP contribution in [0.1, 0.15) is 31.5 Å². The lowest BCUT2D eigenvalue weighted by Crippen LogP contribution is -2.22. The van der Waals surface area contributed by atoms with E-state index >= 15 is 0 Å². The fraction of sp³-hybridized carbons (Fsp3) is 0.333. The number of aromatic nitrogens is 3. The number of nitrogens with zero attached hydrogens (tertiary/aromatic N) is 3. The van der Waals surface area contributed by atoms with Gasteiger partial charge in [-0.2, -0.15) is 15.0 Å². The summed E-state index contributed by atoms with van der Waals surface area (Å²) in [4.78, 5) is 1.67. The van der Waals surface area contributed by atoms with Gasteiger partial charge in [-0.25, -0.2) is 0 Å². The zero-order valence-electron chi connectivity index (χ0n) is 11.3. The molecule has 1 unspecified atom stereocenters. The summed E-state index contributed by atoms with van der Waals surface area (Å²) in [5.74, 6) is 0. The van der Waals surface area contributed by atoms with Crippen molar-refractivity contribution < 1.29 is 0 Å². The first-order valence-corrected chi connectivity index (χ1v) is 6.67. The van der Waals surface area contributed by atoms with Crippen LogP contribution in [0.5, 0.6) is 0 Å². The molecule has 0 saturated carbocycles. The molecular formula is C15H20N4. The van der Waals surface area contributed by atoms with Crippen molar-refractivity contribution in [3.05, 3.63) is 54.9 Å². The van der Waals surface area contributed by atoms with E-state index < -0.39 is 0 Å². The van der Waals surface area contributed by atoms with Crippen LogP contribution in [0.15, 0.2) is 49.2 Å². The standard InChI is InChI=1S/C15H20N4/c1-3-8-14(16-11-4-2)15-12-17-19(18-15)13-9-6-5-7-10-13/h3,5-7,9-10,12,14,16H,1,4,8,11H2,2H3. The Balaban J connectivity index is 2.16. The molecule has 0 amide bonds. The average molecular weight is 256 g/mol. The molecule has 2 rings (SSSR count). The van der Waals surface area contributed by atoms with Gasteiger partial charge in [0.2, 0.25) is 0 Å². The van der Waals surface area contributed by atoms with Crippen molar-refractivity contribution in [3.63, 3.8) is 0 Å². The Morgan fingerprint density at radius 1 is 1.37 bits per heavy atom. The third kappa shape index (κ3) is 3.51. The number of benzene rings is 1. The molecule has 4 nitrogen and oxygen atoms in total. The van der Waals surface area contributed by atoms with E-state index in [4.69, 9.17) is 0 Å². The molecule has 4 heteroatoms. The largest absolute Gasteiger partial charge is 0.308 e. The maximum Gasteiger partial charge on any atom is 0.100 e. The summed E-state index contributed by atoms with van der Waals surface area (Å²) in [7, 11) is 0. The zero-order chi connectivity index (χ0) is 13.5. The third-order valence-corrected chi connectivity index (χ3v) is 2.90. The van der Waals surface area contributed by atoms with Gasteiger partial charge < -0.3 is 5.32 Å². The molecule has 0 spiro atoms. The van der Waals surface area contributed by atoms with Gasteiger partial charge in [0.1, 0.15) is 5.69 Å². The van der Waals surface area contributed by atoms with Gasteiger partial charge in [0.25, 0.3) is 0 Å². The molecule has 0 aliphatic heterocycles. The highest BCUT2D eigenvalue weighted by Crippen LogP contribution is 2.15. The minimum absolute atomic E-state index is 0.190. The number of hydrogen-bond acceptors (Lipinski definition) is 3. The summed E-state index contributed by atoms with van der Waals surface area (Å²) in [5, 5.41) is 12.3. The second kappa shape index (κ2) is 6.85. The van der Waals surface area contributed by atoms with Gasteiger partial charge in [0.05, 0.1) is 17.9 Å². The van der Waals surface area contributed by atoms with Crippen LogP contribution < -0.4 is 5.32 Å². The second-order valence-electron chi connectivity index (χ2n) is 4.43. The molecule has 2 aromatic rings. The SMILES string of the molecule is C=CCC(NCCC)c1cnn(-c2ccccc2)n1. The van der Waals surface area contributed by atoms with Crippen LogP contribution in [-0.2, 0) is 0 Å². The molecule has 100 valence electrons. The highest BCUT2D eigenvalue weighted by Gasteiger charge is 2.13. The summed E-state index contributed by atoms with van der Waals surface area (Å²) in [6.45, 7) is 6.92. The fourth-order valence-electron chi connectivity index (χ4n) is 1.91. The van der Waals surface area contributed by atoms with Gasteiger partial charge in [-0.05, 0) is 31.5 Å². The predicted octanol–water partition coefficient (Wildman–Crippen LogP) is 2.88. The quantitative estimate of drug-likeness (QED) is 0.775. The van der Waals surface area contributed by atoms with Crippen LogP contribution >= 0.6 is 0 Å². The molecule has 0 aliphatic rings. The van der Waals surface area contributed by atoms with Crippen LogP contribution in [0.3, 0.4) is 0 Å². The lowest BCUT2D eigenvalue weighted by Gasteiger charge is -2.13. The Morgan fingerprint density at radius 3 is 2.84 bits per heavy atom. The summed E-state index contributed by atoms with van der Waals surface area (Å²) in [5.41, 5.74) is 1.93. The van der Waals surface area contributed by atoms with E-state index in [-0.39, 0.29) is 6.04 Å². The minimum Gasteiger partial charge on any atom is -0.308 e. The molecule has 0 aliphatic carbocycles. The molecule has 1 atom stereocenters. The highest BCUT2D eigenvalue weighted by molar-refractivity contribution is 5.28. The Bertz CT molecular complexity index is 504. The number of para-hydroxylation sites is 1. The van der Waals surface area contributed by atoms with Gasteiger partial charge in [0.15, 0.2) is 0 Å². The van der Waals surface area contributed by atoms with E-state index in [2.05, 4.69) is 29.0 Å². The molecule has 19 heavy (non-hydrogen) atoms. The van der Waals surface area contributed by atoms with Crippen LogP contribution in [0.4, 0.5) is 0 Å². The molecule has 1 aromatic heterocycles. The van der Waals surface area contributed by atoms with Crippen molar-refractivity contribution in [3.8, 4) is 5.69 Å². The molecular weight excluding hydrogens is 236 g/mol. The zero-order valence-corrected chi connectivity index (χ0v) is 11.3. The highest BCUT2D eigenvalue weighted by atomic mass is 15.5. The summed E-state index contributed by atoms with van der Waals surface area (Å²) >= 11 is 0. The van der Waals surface area contributed by atoms with Gasteiger partial charge >= 0.3 is 0 Å². The number of nitrogens with one attached hydrogen (secondary N) is 1. The van der Waals surface area contributed by atoms with E-state index in [1.165, 1.54) is 0 Å². The molecule has 0 saturated heterocycles. The van der Waals surface area contributed by atoms with Gasteiger partial charge in [-0.1, -0.05) is 31.2 Å². The molecule has 0 radical (unpaired) electrons. The Labute approximate surface area is 114 Å². The summed E-state index contributed by atoms with van der Waals surface area (Å²) < 4.78 is 0. The third-order valence-electron chi connectivity index (χ3n) is 2.90. The lowest BCUT2D eigenvalue weighted by atomic mass is 10.1. The molecule has 0 fully saturated rings. The lowest BCUT2D eigenvalue weighted by molar-refractivity contribution is 0.521. The second-order valence-corrected chi connectivity index (χ2v) is 4.43. The van der Waals surface area contributed by atoms with Crippen LogP contribution in [0, 0.1) is 0 Å². The van der Waals surface area contributed by atoms with Gasteiger partial charge in [-0.15, -0.1) is 6.58 Å². The maximum absolute atomic E-state index is 4.55. The summed E-state index contributed by atoms with van der Waals surface area (Å²) in [6, 6.07) is 10.1. The summed E-state index contributed by atoms with van der Waals surface area (Å²) in [6.07, 6.45) is 5.69. The van der Waals surface area contributed by atoms with E-state index in [1.54, 1.807) is 4.80 Å². The average Bonchev–Trinajstić information content (AvgIpc) is 2.94. The normalized spacial score (nSPS) is 12.3. The Morgan fingerprint density at radius 2 is 2.16 bits per heavy atom. The Hall–Kier alpha value is -1.94. The van der Waals surface area contributed by atoms with Crippen molar-refractivity contribution in [2.75, 3.05) is 6.54 Å². The van der Waals surface area contributed by atoms with Crippen LogP contribution in [0.25, 0.3) is 5.69 Å². The van der Waals surface area contributed by atoms with Crippen molar-refractivity contribution >= 4 is 0 Å². The van der Waals surface area contributed by atoms with E-state index in [0.29, 0.717) is 0 Å². The van der Waals surface area contributed by atoms with Gasteiger partial charge in [-0.3, -0.25) is 0 Å². The van der Waals surface area contributed by atoms with E-state index in [1.807, 2.05) is 42.6 Å². The monoisotopic (exact) mass is 256 g/mol. The van der Waals surface area contributed by atoms with E-state index in [0.717, 1.165) is 30.8 Å². The predicted molar refractivity (Wildman–Crippen MR) is 77.2 cm³/mol. The first kappa shape index (κ1) is 13.5. The molecule has 1 heterocycles. The number of hydrogen-bond donors (Lipinski definition) is 1. The fourth-order valence-corrected chi connectivity index (χ4v) is 1.91.